The first kappa shape index (κ1) is 22.7. The minimum atomic E-state index is 0. The zero-order chi connectivity index (χ0) is 18.6. The molecule has 1 spiro atoms. The molecule has 0 aromatic carbocycles. The van der Waals surface area contributed by atoms with Crippen LogP contribution >= 0.6 is 24.0 Å². The molecule has 0 aromatic heterocycles. The van der Waals surface area contributed by atoms with E-state index in [1.165, 1.54) is 32.2 Å². The summed E-state index contributed by atoms with van der Waals surface area (Å²) in [7, 11) is 3.72. The van der Waals surface area contributed by atoms with E-state index in [0.717, 1.165) is 57.9 Å². The lowest BCUT2D eigenvalue weighted by Crippen LogP contribution is -2.43. The molecular weight excluding hydrogens is 453 g/mol. The van der Waals surface area contributed by atoms with Gasteiger partial charge < -0.3 is 15.1 Å². The minimum Gasteiger partial charge on any atom is -0.357 e. The predicted molar refractivity (Wildman–Crippen MR) is 122 cm³/mol. The normalized spacial score (nSPS) is 24.6. The molecule has 1 unspecified atom stereocenters. The Morgan fingerprint density at radius 2 is 2.00 bits per heavy atom. The van der Waals surface area contributed by atoms with Crippen molar-refractivity contribution in [3.8, 4) is 0 Å². The highest BCUT2D eigenvalue weighted by Crippen LogP contribution is 2.47. The third-order valence-electron chi connectivity index (χ3n) is 6.44. The van der Waals surface area contributed by atoms with Crippen molar-refractivity contribution in [1.82, 2.24) is 20.0 Å². The molecule has 0 aromatic rings. The Morgan fingerprint density at radius 1 is 1.22 bits per heavy atom. The van der Waals surface area contributed by atoms with Gasteiger partial charge in [0.1, 0.15) is 0 Å². The van der Waals surface area contributed by atoms with Gasteiger partial charge in [-0.25, -0.2) is 0 Å². The van der Waals surface area contributed by atoms with Gasteiger partial charge in [-0.2, -0.15) is 0 Å². The molecule has 2 aliphatic heterocycles. The number of halogens is 1. The lowest BCUT2D eigenvalue weighted by atomic mass is 9.68. The van der Waals surface area contributed by atoms with Gasteiger partial charge in [0.25, 0.3) is 0 Å². The van der Waals surface area contributed by atoms with E-state index in [-0.39, 0.29) is 35.9 Å². The van der Waals surface area contributed by atoms with Crippen LogP contribution in [0.2, 0.25) is 0 Å². The van der Waals surface area contributed by atoms with Gasteiger partial charge in [0.05, 0.1) is 6.04 Å². The molecule has 0 bridgehead atoms. The minimum absolute atomic E-state index is 0. The highest BCUT2D eigenvalue weighted by atomic mass is 127. The maximum absolute atomic E-state index is 12.3. The van der Waals surface area contributed by atoms with Crippen molar-refractivity contribution in [2.45, 2.75) is 57.9 Å². The number of guanidine groups is 1. The maximum atomic E-state index is 12.3. The molecule has 1 amide bonds. The third kappa shape index (κ3) is 5.49. The number of carbonyl (C=O) groups excluding carboxylic acids is 1. The number of carbonyl (C=O) groups is 1. The fourth-order valence-electron chi connectivity index (χ4n) is 4.76. The van der Waals surface area contributed by atoms with Gasteiger partial charge in [-0.15, -0.1) is 24.0 Å². The SMILES string of the molecule is CCNC(=NCCCN1CCCC1C(=O)N(C)C)N1CCC2(CCC2)C1.I. The van der Waals surface area contributed by atoms with E-state index in [9.17, 15) is 4.79 Å². The summed E-state index contributed by atoms with van der Waals surface area (Å²) in [6, 6.07) is 0.0827. The predicted octanol–water partition coefficient (Wildman–Crippen LogP) is 2.39. The standard InChI is InChI=1S/C20H37N5O.HI/c1-4-21-19(25-15-11-20(16-25)9-6-10-20)22-12-7-14-24-13-5-8-17(24)18(26)23(2)3;/h17H,4-16H2,1-3H3,(H,21,22);1H. The second-order valence-electron chi connectivity index (χ2n) is 8.54. The Hall–Kier alpha value is -0.570. The Labute approximate surface area is 182 Å². The summed E-state index contributed by atoms with van der Waals surface area (Å²) < 4.78 is 0. The number of likely N-dealkylation sites (N-methyl/N-ethyl adjacent to an activating group) is 1. The van der Waals surface area contributed by atoms with Crippen molar-refractivity contribution in [2.75, 3.05) is 53.4 Å². The van der Waals surface area contributed by atoms with Crippen LogP contribution in [0.15, 0.2) is 4.99 Å². The Bertz CT molecular complexity index is 521. The molecule has 2 saturated heterocycles. The van der Waals surface area contributed by atoms with Gasteiger partial charge in [0.15, 0.2) is 5.96 Å². The topological polar surface area (TPSA) is 51.2 Å². The van der Waals surface area contributed by atoms with Crippen molar-refractivity contribution in [3.05, 3.63) is 0 Å². The summed E-state index contributed by atoms with van der Waals surface area (Å²) in [5, 5.41) is 3.48. The van der Waals surface area contributed by atoms with Gasteiger partial charge in [0, 0.05) is 46.8 Å². The lowest BCUT2D eigenvalue weighted by molar-refractivity contribution is -0.133. The number of nitrogens with one attached hydrogen (secondary N) is 1. The fourth-order valence-corrected chi connectivity index (χ4v) is 4.76. The van der Waals surface area contributed by atoms with Crippen LogP contribution in [-0.2, 0) is 4.79 Å². The number of nitrogens with zero attached hydrogens (tertiary/aromatic N) is 4. The first-order valence-corrected chi connectivity index (χ1v) is 10.5. The smallest absolute Gasteiger partial charge is 0.239 e. The highest BCUT2D eigenvalue weighted by molar-refractivity contribution is 14.0. The Balaban J connectivity index is 0.00000261. The van der Waals surface area contributed by atoms with E-state index < -0.39 is 0 Å². The number of rotatable bonds is 6. The Kier molecular flexibility index (Phi) is 8.65. The molecule has 27 heavy (non-hydrogen) atoms. The summed E-state index contributed by atoms with van der Waals surface area (Å²) >= 11 is 0. The summed E-state index contributed by atoms with van der Waals surface area (Å²) in [5.74, 6) is 1.35. The molecule has 7 heteroatoms. The molecule has 3 rings (SSSR count). The highest BCUT2D eigenvalue weighted by Gasteiger charge is 2.43. The second-order valence-corrected chi connectivity index (χ2v) is 8.54. The van der Waals surface area contributed by atoms with E-state index in [1.807, 2.05) is 14.1 Å². The quantitative estimate of drug-likeness (QED) is 0.268. The van der Waals surface area contributed by atoms with E-state index >= 15 is 0 Å². The van der Waals surface area contributed by atoms with Crippen LogP contribution in [0.4, 0.5) is 0 Å². The maximum Gasteiger partial charge on any atom is 0.239 e. The lowest BCUT2D eigenvalue weighted by Gasteiger charge is -2.38. The average molecular weight is 491 g/mol. The first-order valence-electron chi connectivity index (χ1n) is 10.5. The summed E-state index contributed by atoms with van der Waals surface area (Å²) in [5.41, 5.74) is 0.603. The molecular formula is C20H38IN5O. The molecule has 1 saturated carbocycles. The van der Waals surface area contributed by atoms with E-state index in [1.54, 1.807) is 4.90 Å². The molecule has 0 radical (unpaired) electrons. The monoisotopic (exact) mass is 491 g/mol. The van der Waals surface area contributed by atoms with Crippen molar-refractivity contribution < 1.29 is 4.79 Å². The Morgan fingerprint density at radius 3 is 2.59 bits per heavy atom. The van der Waals surface area contributed by atoms with Gasteiger partial charge in [-0.3, -0.25) is 14.7 Å². The molecule has 1 N–H and O–H groups in total. The fraction of sp³-hybridized carbons (Fsp3) is 0.900. The van der Waals surface area contributed by atoms with Gasteiger partial charge in [-0.05, 0) is 57.4 Å². The van der Waals surface area contributed by atoms with Crippen LogP contribution in [-0.4, -0.2) is 86.0 Å². The molecule has 156 valence electrons. The van der Waals surface area contributed by atoms with Crippen LogP contribution in [0.1, 0.15) is 51.9 Å². The number of hydrogen-bond acceptors (Lipinski definition) is 3. The summed E-state index contributed by atoms with van der Waals surface area (Å²) in [4.78, 5) is 23.7. The number of aliphatic imine (C=N–C) groups is 1. The van der Waals surface area contributed by atoms with Crippen LogP contribution in [0.25, 0.3) is 0 Å². The molecule has 2 heterocycles. The molecule has 3 fully saturated rings. The number of amides is 1. The number of hydrogen-bond donors (Lipinski definition) is 1. The molecule has 6 nitrogen and oxygen atoms in total. The zero-order valence-corrected chi connectivity index (χ0v) is 19.7. The summed E-state index contributed by atoms with van der Waals surface area (Å²) in [6.45, 7) is 8.26. The number of likely N-dealkylation sites (tertiary alicyclic amines) is 2. The largest absolute Gasteiger partial charge is 0.357 e. The third-order valence-corrected chi connectivity index (χ3v) is 6.44. The van der Waals surface area contributed by atoms with E-state index in [4.69, 9.17) is 4.99 Å². The second kappa shape index (κ2) is 10.3. The van der Waals surface area contributed by atoms with Crippen molar-refractivity contribution in [1.29, 1.82) is 0 Å². The first-order chi connectivity index (χ1) is 12.5. The van der Waals surface area contributed by atoms with Gasteiger partial charge >= 0.3 is 0 Å². The molecule has 3 aliphatic rings. The van der Waals surface area contributed by atoms with E-state index in [0.29, 0.717) is 5.41 Å². The van der Waals surface area contributed by atoms with Crippen LogP contribution < -0.4 is 5.32 Å². The van der Waals surface area contributed by atoms with Crippen molar-refractivity contribution >= 4 is 35.8 Å². The van der Waals surface area contributed by atoms with E-state index in [2.05, 4.69) is 22.0 Å². The van der Waals surface area contributed by atoms with Gasteiger partial charge in [0.2, 0.25) is 5.91 Å². The zero-order valence-electron chi connectivity index (χ0n) is 17.4. The molecule has 1 aliphatic carbocycles. The van der Waals surface area contributed by atoms with Crippen molar-refractivity contribution in [2.24, 2.45) is 10.4 Å². The average Bonchev–Trinajstić information content (AvgIpc) is 3.23. The van der Waals surface area contributed by atoms with Gasteiger partial charge in [-0.1, -0.05) is 6.42 Å². The van der Waals surface area contributed by atoms with Crippen LogP contribution in [0.5, 0.6) is 0 Å². The molecule has 1 atom stereocenters. The van der Waals surface area contributed by atoms with Crippen molar-refractivity contribution in [3.63, 3.8) is 0 Å². The summed E-state index contributed by atoms with van der Waals surface area (Å²) in [6.07, 6.45) is 8.69. The van der Waals surface area contributed by atoms with Crippen LogP contribution in [0.3, 0.4) is 0 Å². The van der Waals surface area contributed by atoms with Crippen LogP contribution in [0, 0.1) is 5.41 Å².